The highest BCUT2D eigenvalue weighted by molar-refractivity contribution is 6.14. The fourth-order valence-electron chi connectivity index (χ4n) is 2.98. The van der Waals surface area contributed by atoms with Gasteiger partial charge in [0, 0.05) is 41.8 Å². The van der Waals surface area contributed by atoms with Crippen LogP contribution in [0.5, 0.6) is 5.75 Å². The monoisotopic (exact) mass is 388 g/mol. The second-order valence-electron chi connectivity index (χ2n) is 7.17. The van der Waals surface area contributed by atoms with E-state index in [1.165, 1.54) is 12.3 Å². The van der Waals surface area contributed by atoms with Crippen molar-refractivity contribution >= 4 is 23.1 Å². The van der Waals surface area contributed by atoms with Crippen molar-refractivity contribution in [2.75, 3.05) is 11.1 Å². The molecule has 28 heavy (non-hydrogen) atoms. The zero-order chi connectivity index (χ0) is 20.5. The number of hydrogen-bond acceptors (Lipinski definition) is 5. The summed E-state index contributed by atoms with van der Waals surface area (Å²) in [6.07, 6.45) is 0.521. The van der Waals surface area contributed by atoms with Gasteiger partial charge in [-0.25, -0.2) is 13.8 Å². The number of carbonyl (C=O) groups excluding carboxylic acids is 1. The molecule has 0 spiro atoms. The van der Waals surface area contributed by atoms with Gasteiger partial charge in [0.15, 0.2) is 0 Å². The molecule has 1 aliphatic carbocycles. The molecule has 1 amide bonds. The average Bonchev–Trinajstić information content (AvgIpc) is 2.60. The van der Waals surface area contributed by atoms with Crippen LogP contribution in [0.25, 0.3) is 0 Å². The second kappa shape index (κ2) is 7.53. The molecule has 8 heteroatoms. The van der Waals surface area contributed by atoms with Crippen LogP contribution < -0.4 is 15.8 Å². The van der Waals surface area contributed by atoms with Gasteiger partial charge in [-0.15, -0.1) is 0 Å². The van der Waals surface area contributed by atoms with Crippen LogP contribution in [0.1, 0.15) is 37.8 Å². The third kappa shape index (κ3) is 4.44. The first-order chi connectivity index (χ1) is 13.1. The predicted molar refractivity (Wildman–Crippen MR) is 103 cm³/mol. The molecule has 0 unspecified atom stereocenters. The minimum atomic E-state index is -2.76. The maximum Gasteiger partial charge on any atom is 0.249 e. The Hall–Kier alpha value is -3.03. The molecule has 1 saturated carbocycles. The Morgan fingerprint density at radius 1 is 1.32 bits per heavy atom. The third-order valence-corrected chi connectivity index (χ3v) is 4.43. The summed E-state index contributed by atoms with van der Waals surface area (Å²) < 4.78 is 31.5. The van der Waals surface area contributed by atoms with Crippen LogP contribution in [0.2, 0.25) is 0 Å². The number of aromatic nitrogens is 1. The molecule has 0 saturated heterocycles. The Bertz CT molecular complexity index is 907. The molecule has 1 aromatic heterocycles. The molecule has 1 aromatic carbocycles. The van der Waals surface area contributed by atoms with Gasteiger partial charge >= 0.3 is 0 Å². The fraction of sp³-hybridized carbons (Fsp3) is 0.350. The zero-order valence-electron chi connectivity index (χ0n) is 15.6. The number of anilines is 2. The predicted octanol–water partition coefficient (Wildman–Crippen LogP) is 3.85. The quantitative estimate of drug-likeness (QED) is 0.517. The molecule has 0 bridgehead atoms. The molecule has 1 fully saturated rings. The van der Waals surface area contributed by atoms with Crippen LogP contribution in [-0.4, -0.2) is 28.6 Å². The highest BCUT2D eigenvalue weighted by atomic mass is 19.3. The van der Waals surface area contributed by atoms with E-state index >= 15 is 0 Å². The SMILES string of the molecule is CC(C)Oc1ccc(N)c(C(=N)c2ccnc(NC(=O)C3CC(F)(F)C3)c2)c1. The van der Waals surface area contributed by atoms with Gasteiger partial charge in [-0.3, -0.25) is 10.2 Å². The van der Waals surface area contributed by atoms with Crippen molar-refractivity contribution in [1.82, 2.24) is 4.98 Å². The maximum atomic E-state index is 12.9. The summed E-state index contributed by atoms with van der Waals surface area (Å²) in [6.45, 7) is 3.80. The van der Waals surface area contributed by atoms with Gasteiger partial charge in [-0.05, 0) is 44.2 Å². The van der Waals surface area contributed by atoms with E-state index in [9.17, 15) is 13.6 Å². The summed E-state index contributed by atoms with van der Waals surface area (Å²) in [7, 11) is 0. The summed E-state index contributed by atoms with van der Waals surface area (Å²) >= 11 is 0. The first-order valence-corrected chi connectivity index (χ1v) is 8.95. The number of nitrogens with one attached hydrogen (secondary N) is 2. The summed E-state index contributed by atoms with van der Waals surface area (Å²) in [5.74, 6) is -3.18. The van der Waals surface area contributed by atoms with Crippen molar-refractivity contribution in [3.05, 3.63) is 47.7 Å². The minimum Gasteiger partial charge on any atom is -0.491 e. The number of ether oxygens (including phenoxy) is 1. The number of amides is 1. The first kappa shape index (κ1) is 19.7. The van der Waals surface area contributed by atoms with Crippen molar-refractivity contribution in [2.45, 2.75) is 38.7 Å². The standard InChI is InChI=1S/C20H22F2N4O2/c1-11(2)28-14-3-4-16(23)15(8-14)18(24)12-5-6-25-17(7-12)26-19(27)13-9-20(21,22)10-13/h3-8,11,13,24H,9-10,23H2,1-2H3,(H,25,26,27). The van der Waals surface area contributed by atoms with Crippen LogP contribution in [0.15, 0.2) is 36.5 Å². The van der Waals surface area contributed by atoms with Crippen LogP contribution >= 0.6 is 0 Å². The highest BCUT2D eigenvalue weighted by Crippen LogP contribution is 2.42. The largest absolute Gasteiger partial charge is 0.491 e. The van der Waals surface area contributed by atoms with Gasteiger partial charge in [-0.1, -0.05) is 0 Å². The molecule has 148 valence electrons. The first-order valence-electron chi connectivity index (χ1n) is 8.95. The van der Waals surface area contributed by atoms with Gasteiger partial charge in [0.2, 0.25) is 11.8 Å². The lowest BCUT2D eigenvalue weighted by Gasteiger charge is -2.33. The smallest absolute Gasteiger partial charge is 0.249 e. The Morgan fingerprint density at radius 2 is 2.04 bits per heavy atom. The topological polar surface area (TPSA) is 101 Å². The third-order valence-electron chi connectivity index (χ3n) is 4.43. The van der Waals surface area contributed by atoms with Gasteiger partial charge in [-0.2, -0.15) is 0 Å². The number of benzene rings is 1. The van der Waals surface area contributed by atoms with Crippen molar-refractivity contribution in [1.29, 1.82) is 5.41 Å². The number of nitrogens with two attached hydrogens (primary N) is 1. The summed E-state index contributed by atoms with van der Waals surface area (Å²) in [5, 5.41) is 11.0. The van der Waals surface area contributed by atoms with E-state index in [4.69, 9.17) is 15.9 Å². The van der Waals surface area contributed by atoms with E-state index in [-0.39, 0.29) is 17.6 Å². The van der Waals surface area contributed by atoms with E-state index < -0.39 is 30.6 Å². The van der Waals surface area contributed by atoms with Gasteiger partial charge < -0.3 is 15.8 Å². The highest BCUT2D eigenvalue weighted by Gasteiger charge is 2.48. The molecule has 4 N–H and O–H groups in total. The van der Waals surface area contributed by atoms with Crippen LogP contribution in [0.4, 0.5) is 20.3 Å². The molecule has 1 aliphatic rings. The molecule has 0 radical (unpaired) electrons. The summed E-state index contributed by atoms with van der Waals surface area (Å²) in [6, 6.07) is 8.23. The Labute approximate surface area is 161 Å². The van der Waals surface area contributed by atoms with E-state index in [1.807, 2.05) is 13.8 Å². The molecule has 1 heterocycles. The normalized spacial score (nSPS) is 15.8. The number of hydrogen-bond donors (Lipinski definition) is 3. The van der Waals surface area contributed by atoms with E-state index in [1.54, 1.807) is 24.3 Å². The van der Waals surface area contributed by atoms with Crippen molar-refractivity contribution in [2.24, 2.45) is 5.92 Å². The Balaban J connectivity index is 1.76. The minimum absolute atomic E-state index is 0.0210. The zero-order valence-corrected chi connectivity index (χ0v) is 15.6. The average molecular weight is 388 g/mol. The number of pyridine rings is 1. The summed E-state index contributed by atoms with van der Waals surface area (Å²) in [5.41, 5.74) is 7.54. The molecule has 0 aliphatic heterocycles. The maximum absolute atomic E-state index is 12.9. The lowest BCUT2D eigenvalue weighted by atomic mass is 9.81. The number of rotatable bonds is 6. The van der Waals surface area contributed by atoms with E-state index in [2.05, 4.69) is 10.3 Å². The summed E-state index contributed by atoms with van der Waals surface area (Å²) in [4.78, 5) is 16.1. The van der Waals surface area contributed by atoms with Gasteiger partial charge in [0.25, 0.3) is 0 Å². The van der Waals surface area contributed by atoms with Crippen LogP contribution in [-0.2, 0) is 4.79 Å². The Morgan fingerprint density at radius 3 is 2.68 bits per heavy atom. The van der Waals surface area contributed by atoms with Crippen LogP contribution in [0.3, 0.4) is 0 Å². The van der Waals surface area contributed by atoms with Crippen LogP contribution in [0, 0.1) is 11.3 Å². The number of carbonyl (C=O) groups is 1. The number of alkyl halides is 2. The van der Waals surface area contributed by atoms with E-state index in [0.717, 1.165) is 0 Å². The second-order valence-corrected chi connectivity index (χ2v) is 7.17. The number of nitrogen functional groups attached to an aromatic ring is 1. The van der Waals surface area contributed by atoms with Gasteiger partial charge in [0.05, 0.1) is 11.8 Å². The lowest BCUT2D eigenvalue weighted by molar-refractivity contribution is -0.145. The van der Waals surface area contributed by atoms with E-state index in [0.29, 0.717) is 22.6 Å². The molecular weight excluding hydrogens is 366 g/mol. The lowest BCUT2D eigenvalue weighted by Crippen LogP contribution is -2.42. The molecule has 0 atom stereocenters. The molecule has 3 rings (SSSR count). The number of nitrogens with zero attached hydrogens (tertiary/aromatic N) is 1. The van der Waals surface area contributed by atoms with Crippen molar-refractivity contribution in [3.63, 3.8) is 0 Å². The molecule has 2 aromatic rings. The molecule has 6 nitrogen and oxygen atoms in total. The number of halogens is 2. The fourth-order valence-corrected chi connectivity index (χ4v) is 2.98. The van der Waals surface area contributed by atoms with Gasteiger partial charge in [0.1, 0.15) is 11.6 Å². The van der Waals surface area contributed by atoms with Crippen molar-refractivity contribution < 1.29 is 18.3 Å². The van der Waals surface area contributed by atoms with Crippen molar-refractivity contribution in [3.8, 4) is 5.75 Å². The Kier molecular flexibility index (Phi) is 5.31. The molecular formula is C20H22F2N4O2.